The number of thioether (sulfide) groups is 1. The number of ether oxygens (including phenoxy) is 2. The molecule has 0 bridgehead atoms. The predicted octanol–water partition coefficient (Wildman–Crippen LogP) is 4.41. The summed E-state index contributed by atoms with van der Waals surface area (Å²) in [6.07, 6.45) is 6.53. The van der Waals surface area contributed by atoms with Gasteiger partial charge in [-0.05, 0) is 55.5 Å². The summed E-state index contributed by atoms with van der Waals surface area (Å²) >= 11 is 1.46. The van der Waals surface area contributed by atoms with Crippen molar-refractivity contribution in [3.63, 3.8) is 0 Å². The second-order valence-electron chi connectivity index (χ2n) is 9.40. The highest BCUT2D eigenvalue weighted by Gasteiger charge is 2.37. The monoisotopic (exact) mass is 480 g/mol. The molecule has 5 rings (SSSR count). The molecule has 3 aliphatic rings. The van der Waals surface area contributed by atoms with Gasteiger partial charge >= 0.3 is 0 Å². The number of amides is 2. The van der Waals surface area contributed by atoms with Crippen LogP contribution in [0.3, 0.4) is 0 Å². The number of nitrogens with one attached hydrogen (secondary N) is 1. The molecule has 0 unspecified atom stereocenters. The molecule has 7 heteroatoms. The van der Waals surface area contributed by atoms with Crippen molar-refractivity contribution in [2.45, 2.75) is 48.8 Å². The number of carbonyl (C=O) groups excluding carboxylic acids is 2. The molecule has 2 amide bonds. The van der Waals surface area contributed by atoms with Gasteiger partial charge in [0, 0.05) is 29.9 Å². The molecule has 1 aliphatic carbocycles. The number of benzene rings is 2. The minimum atomic E-state index is -0.0979. The smallest absolute Gasteiger partial charge is 0.252 e. The predicted molar refractivity (Wildman–Crippen MR) is 133 cm³/mol. The van der Waals surface area contributed by atoms with Crippen LogP contribution in [-0.2, 0) is 10.2 Å². The Morgan fingerprint density at radius 1 is 0.941 bits per heavy atom. The Labute approximate surface area is 205 Å². The van der Waals surface area contributed by atoms with Gasteiger partial charge in [0.25, 0.3) is 5.91 Å². The molecule has 1 saturated carbocycles. The molecule has 2 aromatic carbocycles. The molecule has 180 valence electrons. The molecule has 1 N–H and O–H groups in total. The highest BCUT2D eigenvalue weighted by atomic mass is 32.2. The molecule has 34 heavy (non-hydrogen) atoms. The molecule has 0 spiro atoms. The fourth-order valence-electron chi connectivity index (χ4n) is 5.31. The van der Waals surface area contributed by atoms with Gasteiger partial charge in [0.05, 0.1) is 11.3 Å². The SMILES string of the molecule is O=C(NCC1(c2ccc3c(c2)OCCO3)CCCC1)c1ccccc1SCC(=O)N1CCCC1. The minimum absolute atomic E-state index is 0.0828. The van der Waals surface area contributed by atoms with E-state index in [1.165, 1.54) is 17.3 Å². The van der Waals surface area contributed by atoms with Gasteiger partial charge in [0.15, 0.2) is 11.5 Å². The van der Waals surface area contributed by atoms with Crippen molar-refractivity contribution in [2.24, 2.45) is 0 Å². The second kappa shape index (κ2) is 10.3. The lowest BCUT2D eigenvalue weighted by Gasteiger charge is -2.31. The van der Waals surface area contributed by atoms with Crippen molar-refractivity contribution in [1.29, 1.82) is 0 Å². The van der Waals surface area contributed by atoms with Crippen molar-refractivity contribution >= 4 is 23.6 Å². The Morgan fingerprint density at radius 3 is 2.47 bits per heavy atom. The molecular formula is C27H32N2O4S. The molecule has 2 aliphatic heterocycles. The quantitative estimate of drug-likeness (QED) is 0.595. The molecule has 2 aromatic rings. The average molecular weight is 481 g/mol. The first-order valence-corrected chi connectivity index (χ1v) is 13.3. The normalized spacial score (nSPS) is 18.6. The largest absolute Gasteiger partial charge is 0.486 e. The Balaban J connectivity index is 1.27. The highest BCUT2D eigenvalue weighted by Crippen LogP contribution is 2.44. The molecule has 2 fully saturated rings. The van der Waals surface area contributed by atoms with Crippen molar-refractivity contribution in [2.75, 3.05) is 38.6 Å². The maximum absolute atomic E-state index is 13.3. The first-order chi connectivity index (χ1) is 16.6. The average Bonchev–Trinajstić information content (AvgIpc) is 3.59. The van der Waals surface area contributed by atoms with Crippen LogP contribution in [0.25, 0.3) is 0 Å². The zero-order valence-corrected chi connectivity index (χ0v) is 20.3. The van der Waals surface area contributed by atoms with E-state index in [0.717, 1.165) is 68.0 Å². The zero-order valence-electron chi connectivity index (χ0n) is 19.5. The van der Waals surface area contributed by atoms with Crippen LogP contribution < -0.4 is 14.8 Å². The summed E-state index contributed by atoms with van der Waals surface area (Å²) < 4.78 is 11.5. The van der Waals surface area contributed by atoms with Gasteiger partial charge < -0.3 is 19.7 Å². The standard InChI is InChI=1S/C27H32N2O4S/c30-25(29-13-5-6-14-29)18-34-24-8-2-1-7-21(24)26(31)28-19-27(11-3-4-12-27)20-9-10-22-23(17-20)33-16-15-32-22/h1-2,7-10,17H,3-6,11-16,18-19H2,(H,28,31). The Hall–Kier alpha value is -2.67. The van der Waals surface area contributed by atoms with Crippen LogP contribution in [0.1, 0.15) is 54.4 Å². The third-order valence-corrected chi connectivity index (χ3v) is 8.30. The van der Waals surface area contributed by atoms with Gasteiger partial charge in [0.2, 0.25) is 5.91 Å². The second-order valence-corrected chi connectivity index (χ2v) is 10.4. The van der Waals surface area contributed by atoms with E-state index in [-0.39, 0.29) is 17.2 Å². The molecule has 6 nitrogen and oxygen atoms in total. The molecule has 0 aromatic heterocycles. The molecule has 2 heterocycles. The Morgan fingerprint density at radius 2 is 1.68 bits per heavy atom. The van der Waals surface area contributed by atoms with Crippen LogP contribution in [0, 0.1) is 0 Å². The summed E-state index contributed by atoms with van der Waals surface area (Å²) in [5.41, 5.74) is 1.74. The van der Waals surface area contributed by atoms with E-state index in [4.69, 9.17) is 9.47 Å². The van der Waals surface area contributed by atoms with E-state index < -0.39 is 0 Å². The van der Waals surface area contributed by atoms with Crippen LogP contribution in [0.5, 0.6) is 11.5 Å². The fraction of sp³-hybridized carbons (Fsp3) is 0.481. The summed E-state index contributed by atoms with van der Waals surface area (Å²) in [7, 11) is 0. The lowest BCUT2D eigenvalue weighted by atomic mass is 9.78. The third-order valence-electron chi connectivity index (χ3n) is 7.24. The van der Waals surface area contributed by atoms with Gasteiger partial charge in [-0.15, -0.1) is 11.8 Å². The van der Waals surface area contributed by atoms with Gasteiger partial charge in [-0.25, -0.2) is 0 Å². The molecule has 0 radical (unpaired) electrons. The third kappa shape index (κ3) is 4.90. The summed E-state index contributed by atoms with van der Waals surface area (Å²) in [5, 5.41) is 3.22. The summed E-state index contributed by atoms with van der Waals surface area (Å²) in [4.78, 5) is 28.5. The van der Waals surface area contributed by atoms with Crippen LogP contribution in [0.2, 0.25) is 0 Å². The number of carbonyl (C=O) groups is 2. The van der Waals surface area contributed by atoms with Crippen LogP contribution in [0.4, 0.5) is 0 Å². The van der Waals surface area contributed by atoms with Crippen LogP contribution >= 0.6 is 11.8 Å². The zero-order chi connectivity index (χ0) is 23.4. The van der Waals surface area contributed by atoms with E-state index in [9.17, 15) is 9.59 Å². The number of rotatable bonds is 7. The summed E-state index contributed by atoms with van der Waals surface area (Å²) in [6, 6.07) is 13.8. The van der Waals surface area contributed by atoms with Crippen molar-refractivity contribution in [3.8, 4) is 11.5 Å². The fourth-order valence-corrected chi connectivity index (χ4v) is 6.27. The number of likely N-dealkylation sites (tertiary alicyclic amines) is 1. The summed E-state index contributed by atoms with van der Waals surface area (Å²) in [6.45, 7) is 3.42. The summed E-state index contributed by atoms with van der Waals surface area (Å²) in [5.74, 6) is 2.03. The maximum atomic E-state index is 13.3. The van der Waals surface area contributed by atoms with Crippen molar-refractivity contribution in [3.05, 3.63) is 53.6 Å². The Bertz CT molecular complexity index is 1040. The molecule has 0 atom stereocenters. The first kappa shape index (κ1) is 23.1. The molecular weight excluding hydrogens is 448 g/mol. The first-order valence-electron chi connectivity index (χ1n) is 12.3. The van der Waals surface area contributed by atoms with E-state index >= 15 is 0 Å². The van der Waals surface area contributed by atoms with E-state index in [2.05, 4.69) is 17.4 Å². The minimum Gasteiger partial charge on any atom is -0.486 e. The highest BCUT2D eigenvalue weighted by molar-refractivity contribution is 8.00. The van der Waals surface area contributed by atoms with Crippen LogP contribution in [-0.4, -0.2) is 55.3 Å². The van der Waals surface area contributed by atoms with Crippen molar-refractivity contribution < 1.29 is 19.1 Å². The lowest BCUT2D eigenvalue weighted by Crippen LogP contribution is -2.39. The van der Waals surface area contributed by atoms with E-state index in [0.29, 0.717) is 31.1 Å². The lowest BCUT2D eigenvalue weighted by molar-refractivity contribution is -0.127. The topological polar surface area (TPSA) is 67.9 Å². The van der Waals surface area contributed by atoms with Gasteiger partial charge in [-0.2, -0.15) is 0 Å². The van der Waals surface area contributed by atoms with Gasteiger partial charge in [0.1, 0.15) is 13.2 Å². The number of hydrogen-bond acceptors (Lipinski definition) is 5. The van der Waals surface area contributed by atoms with E-state index in [1.54, 1.807) is 0 Å². The van der Waals surface area contributed by atoms with Crippen LogP contribution in [0.15, 0.2) is 47.4 Å². The Kier molecular flexibility index (Phi) is 6.99. The molecule has 1 saturated heterocycles. The van der Waals surface area contributed by atoms with Crippen molar-refractivity contribution in [1.82, 2.24) is 10.2 Å². The van der Waals surface area contributed by atoms with E-state index in [1.807, 2.05) is 35.2 Å². The number of nitrogens with zero attached hydrogens (tertiary/aromatic N) is 1. The maximum Gasteiger partial charge on any atom is 0.252 e. The number of fused-ring (bicyclic) bond motifs is 1. The number of hydrogen-bond donors (Lipinski definition) is 1. The van der Waals surface area contributed by atoms with Gasteiger partial charge in [-0.3, -0.25) is 9.59 Å². The van der Waals surface area contributed by atoms with Gasteiger partial charge in [-0.1, -0.05) is 31.0 Å².